The molecule has 0 heterocycles. The SMILES string of the molecule is COC(=O)[C@](CCc1ccccc1)(CC(=O)O)C(C)(C)C. The predicted molar refractivity (Wildman–Crippen MR) is 80.9 cm³/mol. The topological polar surface area (TPSA) is 63.6 Å². The van der Waals surface area contributed by atoms with E-state index in [9.17, 15) is 14.7 Å². The average Bonchev–Trinajstić information content (AvgIpc) is 2.42. The fourth-order valence-corrected chi connectivity index (χ4v) is 2.66. The smallest absolute Gasteiger partial charge is 0.312 e. The average molecular weight is 292 g/mol. The molecule has 0 aliphatic heterocycles. The molecule has 0 amide bonds. The van der Waals surface area contributed by atoms with Crippen LogP contribution in [0.15, 0.2) is 30.3 Å². The van der Waals surface area contributed by atoms with Gasteiger partial charge in [0.15, 0.2) is 0 Å². The molecule has 4 nitrogen and oxygen atoms in total. The van der Waals surface area contributed by atoms with Gasteiger partial charge in [-0.25, -0.2) is 0 Å². The molecule has 21 heavy (non-hydrogen) atoms. The number of carbonyl (C=O) groups excluding carboxylic acids is 1. The minimum Gasteiger partial charge on any atom is -0.481 e. The monoisotopic (exact) mass is 292 g/mol. The summed E-state index contributed by atoms with van der Waals surface area (Å²) in [5, 5.41) is 9.25. The third-order valence-corrected chi connectivity index (χ3v) is 4.15. The quantitative estimate of drug-likeness (QED) is 0.817. The maximum absolute atomic E-state index is 12.4. The summed E-state index contributed by atoms with van der Waals surface area (Å²) in [6.07, 6.45) is 0.857. The molecule has 0 aromatic heterocycles. The molecule has 0 saturated carbocycles. The molecule has 1 aromatic carbocycles. The van der Waals surface area contributed by atoms with E-state index in [0.717, 1.165) is 5.56 Å². The lowest BCUT2D eigenvalue weighted by atomic mass is 9.62. The lowest BCUT2D eigenvalue weighted by Crippen LogP contribution is -2.46. The Morgan fingerprint density at radius 3 is 2.14 bits per heavy atom. The van der Waals surface area contributed by atoms with Crippen molar-refractivity contribution in [3.8, 4) is 0 Å². The number of rotatable bonds is 6. The Labute approximate surface area is 126 Å². The van der Waals surface area contributed by atoms with Crippen LogP contribution in [0, 0.1) is 10.8 Å². The Kier molecular flexibility index (Phi) is 5.53. The first-order valence-corrected chi connectivity index (χ1v) is 7.07. The molecule has 116 valence electrons. The maximum atomic E-state index is 12.4. The van der Waals surface area contributed by atoms with Crippen molar-refractivity contribution < 1.29 is 19.4 Å². The molecule has 0 bridgehead atoms. The van der Waals surface area contributed by atoms with Crippen molar-refractivity contribution in [3.05, 3.63) is 35.9 Å². The van der Waals surface area contributed by atoms with Crippen molar-refractivity contribution in [3.63, 3.8) is 0 Å². The molecule has 0 spiro atoms. The normalized spacial score (nSPS) is 14.3. The minimum atomic E-state index is -1.04. The molecule has 0 aliphatic rings. The summed E-state index contributed by atoms with van der Waals surface area (Å²) < 4.78 is 4.93. The van der Waals surface area contributed by atoms with E-state index in [2.05, 4.69) is 0 Å². The number of hydrogen-bond donors (Lipinski definition) is 1. The molecule has 0 unspecified atom stereocenters. The van der Waals surface area contributed by atoms with Gasteiger partial charge < -0.3 is 9.84 Å². The molecular weight excluding hydrogens is 268 g/mol. The van der Waals surface area contributed by atoms with Crippen LogP contribution < -0.4 is 0 Å². The van der Waals surface area contributed by atoms with Gasteiger partial charge in [-0.05, 0) is 23.8 Å². The number of esters is 1. The Balaban J connectivity index is 3.10. The zero-order valence-corrected chi connectivity index (χ0v) is 13.2. The van der Waals surface area contributed by atoms with Gasteiger partial charge in [-0.2, -0.15) is 0 Å². The number of carboxylic acids is 1. The number of ether oxygens (including phenoxy) is 1. The van der Waals surface area contributed by atoms with Gasteiger partial charge in [0.2, 0.25) is 0 Å². The van der Waals surface area contributed by atoms with Gasteiger partial charge in [-0.15, -0.1) is 0 Å². The summed E-state index contributed by atoms with van der Waals surface area (Å²) in [7, 11) is 1.31. The molecule has 1 rings (SSSR count). The molecule has 1 aromatic rings. The van der Waals surface area contributed by atoms with E-state index in [1.807, 2.05) is 51.1 Å². The van der Waals surface area contributed by atoms with Crippen LogP contribution in [0.5, 0.6) is 0 Å². The first kappa shape index (κ1) is 17.2. The van der Waals surface area contributed by atoms with Gasteiger partial charge in [-0.3, -0.25) is 9.59 Å². The Morgan fingerprint density at radius 2 is 1.71 bits per heavy atom. The third-order valence-electron chi connectivity index (χ3n) is 4.15. The van der Waals surface area contributed by atoms with Crippen molar-refractivity contribution in [2.45, 2.75) is 40.0 Å². The minimum absolute atomic E-state index is 0.226. The van der Waals surface area contributed by atoms with E-state index in [1.54, 1.807) is 0 Å². The van der Waals surface area contributed by atoms with Crippen LogP contribution in [0.4, 0.5) is 0 Å². The van der Waals surface area contributed by atoms with Crippen LogP contribution in [0.2, 0.25) is 0 Å². The zero-order valence-electron chi connectivity index (χ0n) is 13.2. The molecule has 0 aliphatic carbocycles. The molecule has 1 N–H and O–H groups in total. The van der Waals surface area contributed by atoms with E-state index in [0.29, 0.717) is 12.8 Å². The lowest BCUT2D eigenvalue weighted by Gasteiger charge is -2.41. The Hall–Kier alpha value is -1.84. The third kappa shape index (κ3) is 4.06. The predicted octanol–water partition coefficient (Wildman–Crippen LogP) is 3.30. The fraction of sp³-hybridized carbons (Fsp3) is 0.529. The molecule has 0 radical (unpaired) electrons. The van der Waals surface area contributed by atoms with Gasteiger partial charge in [-0.1, -0.05) is 51.1 Å². The molecule has 0 saturated heterocycles. The van der Waals surface area contributed by atoms with Crippen LogP contribution in [0.1, 0.15) is 39.2 Å². The van der Waals surface area contributed by atoms with E-state index in [-0.39, 0.29) is 6.42 Å². The Bertz CT molecular complexity index is 487. The first-order valence-electron chi connectivity index (χ1n) is 7.07. The number of hydrogen-bond acceptors (Lipinski definition) is 3. The van der Waals surface area contributed by atoms with Crippen LogP contribution in [-0.2, 0) is 20.7 Å². The van der Waals surface area contributed by atoms with E-state index in [1.165, 1.54) is 7.11 Å². The van der Waals surface area contributed by atoms with E-state index < -0.39 is 22.8 Å². The van der Waals surface area contributed by atoms with Gasteiger partial charge in [0, 0.05) is 0 Å². The number of benzene rings is 1. The van der Waals surface area contributed by atoms with Crippen LogP contribution >= 0.6 is 0 Å². The number of aryl methyl sites for hydroxylation is 1. The number of aliphatic carboxylic acids is 1. The maximum Gasteiger partial charge on any atom is 0.312 e. The largest absolute Gasteiger partial charge is 0.481 e. The summed E-state index contributed by atoms with van der Waals surface area (Å²) in [5.41, 5.74) is -0.461. The highest BCUT2D eigenvalue weighted by molar-refractivity contribution is 5.83. The van der Waals surface area contributed by atoms with Crippen molar-refractivity contribution >= 4 is 11.9 Å². The summed E-state index contributed by atoms with van der Waals surface area (Å²) in [6.45, 7) is 5.66. The van der Waals surface area contributed by atoms with Crippen LogP contribution in [0.3, 0.4) is 0 Å². The molecule has 0 fully saturated rings. The summed E-state index contributed by atoms with van der Waals surface area (Å²) in [6, 6.07) is 9.75. The van der Waals surface area contributed by atoms with Crippen molar-refractivity contribution in [2.24, 2.45) is 10.8 Å². The van der Waals surface area contributed by atoms with Crippen molar-refractivity contribution in [1.82, 2.24) is 0 Å². The molecule has 1 atom stereocenters. The number of carbonyl (C=O) groups is 2. The second-order valence-electron chi connectivity index (χ2n) is 6.38. The molecule has 4 heteroatoms. The highest BCUT2D eigenvalue weighted by Gasteiger charge is 2.50. The highest BCUT2D eigenvalue weighted by atomic mass is 16.5. The highest BCUT2D eigenvalue weighted by Crippen LogP contribution is 2.46. The van der Waals surface area contributed by atoms with Gasteiger partial charge in [0.05, 0.1) is 18.9 Å². The zero-order chi connectivity index (χ0) is 16.1. The fourth-order valence-electron chi connectivity index (χ4n) is 2.66. The van der Waals surface area contributed by atoms with Crippen molar-refractivity contribution in [1.29, 1.82) is 0 Å². The lowest BCUT2D eigenvalue weighted by molar-refractivity contribution is -0.167. The van der Waals surface area contributed by atoms with Gasteiger partial charge in [0.1, 0.15) is 0 Å². The number of carboxylic acid groups (broad SMARTS) is 1. The Morgan fingerprint density at radius 1 is 1.14 bits per heavy atom. The summed E-state index contributed by atoms with van der Waals surface area (Å²) >= 11 is 0. The molecular formula is C17H24O4. The van der Waals surface area contributed by atoms with Gasteiger partial charge in [0.25, 0.3) is 0 Å². The van der Waals surface area contributed by atoms with E-state index >= 15 is 0 Å². The van der Waals surface area contributed by atoms with Crippen molar-refractivity contribution in [2.75, 3.05) is 7.11 Å². The number of methoxy groups -OCH3 is 1. The summed E-state index contributed by atoms with van der Waals surface area (Å²) in [5.74, 6) is -1.43. The van der Waals surface area contributed by atoms with Crippen LogP contribution in [-0.4, -0.2) is 24.2 Å². The standard InChI is InChI=1S/C17H24O4/c1-16(2,3)17(12-14(18)19,15(20)21-4)11-10-13-8-6-5-7-9-13/h5-9H,10-12H2,1-4H3,(H,18,19)/t17-/m0/s1. The van der Waals surface area contributed by atoms with E-state index in [4.69, 9.17) is 4.74 Å². The summed E-state index contributed by atoms with van der Waals surface area (Å²) in [4.78, 5) is 23.6. The first-order chi connectivity index (χ1) is 9.73. The van der Waals surface area contributed by atoms with Crippen LogP contribution in [0.25, 0.3) is 0 Å². The second kappa shape index (κ2) is 6.74. The second-order valence-corrected chi connectivity index (χ2v) is 6.38. The van der Waals surface area contributed by atoms with Gasteiger partial charge >= 0.3 is 11.9 Å².